The number of anilines is 1. The van der Waals surface area contributed by atoms with Crippen LogP contribution in [-0.4, -0.2) is 37.1 Å². The summed E-state index contributed by atoms with van der Waals surface area (Å²) in [5.41, 5.74) is 0. The number of amides is 2. The first kappa shape index (κ1) is 13.2. The lowest BCUT2D eigenvalue weighted by atomic mass is 10.3. The molecule has 0 bridgehead atoms. The zero-order valence-electron chi connectivity index (χ0n) is 9.60. The number of nitrogens with one attached hydrogen (secondary N) is 1. The molecular weight excluding hydrogens is 276 g/mol. The van der Waals surface area contributed by atoms with Crippen molar-refractivity contribution >= 4 is 39.9 Å². The molecular formula is C11H13ClN2O3S. The zero-order chi connectivity index (χ0) is 13.0. The summed E-state index contributed by atoms with van der Waals surface area (Å²) in [7, 11) is 0. The monoisotopic (exact) mass is 288 g/mol. The second kappa shape index (κ2) is 6.06. The van der Waals surface area contributed by atoms with Crippen molar-refractivity contribution in [1.29, 1.82) is 0 Å². The van der Waals surface area contributed by atoms with E-state index in [4.69, 9.17) is 16.3 Å². The van der Waals surface area contributed by atoms with Crippen LogP contribution in [-0.2, 0) is 9.53 Å². The minimum absolute atomic E-state index is 0.129. The number of ether oxygens (including phenoxy) is 1. The minimum Gasteiger partial charge on any atom is -0.442 e. The molecule has 0 saturated carbocycles. The van der Waals surface area contributed by atoms with Crippen molar-refractivity contribution < 1.29 is 14.3 Å². The number of hydrogen-bond donors (Lipinski definition) is 1. The average molecular weight is 289 g/mol. The van der Waals surface area contributed by atoms with Crippen molar-refractivity contribution in [3.05, 3.63) is 17.5 Å². The van der Waals surface area contributed by atoms with Gasteiger partial charge in [0.15, 0.2) is 0 Å². The van der Waals surface area contributed by atoms with E-state index in [1.807, 2.05) is 17.5 Å². The number of alkyl halides is 1. The number of cyclic esters (lactones) is 1. The van der Waals surface area contributed by atoms with Gasteiger partial charge < -0.3 is 10.1 Å². The van der Waals surface area contributed by atoms with Gasteiger partial charge in [-0.1, -0.05) is 0 Å². The van der Waals surface area contributed by atoms with Gasteiger partial charge in [-0.05, 0) is 17.5 Å². The molecule has 1 atom stereocenters. The van der Waals surface area contributed by atoms with E-state index in [-0.39, 0.29) is 30.4 Å². The van der Waals surface area contributed by atoms with Gasteiger partial charge in [-0.3, -0.25) is 9.69 Å². The molecule has 5 nitrogen and oxygen atoms in total. The number of halogens is 1. The van der Waals surface area contributed by atoms with E-state index >= 15 is 0 Å². The fraction of sp³-hybridized carbons (Fsp3) is 0.455. The quantitative estimate of drug-likeness (QED) is 0.841. The van der Waals surface area contributed by atoms with Crippen LogP contribution in [0, 0.1) is 0 Å². The van der Waals surface area contributed by atoms with E-state index in [0.29, 0.717) is 13.1 Å². The Balaban J connectivity index is 1.84. The third kappa shape index (κ3) is 3.14. The fourth-order valence-electron chi connectivity index (χ4n) is 1.63. The molecule has 18 heavy (non-hydrogen) atoms. The van der Waals surface area contributed by atoms with Gasteiger partial charge in [0.2, 0.25) is 5.91 Å². The van der Waals surface area contributed by atoms with Gasteiger partial charge in [-0.2, -0.15) is 0 Å². The molecule has 1 aliphatic rings. The molecule has 0 spiro atoms. The molecule has 1 aromatic heterocycles. The Labute approximate surface area is 114 Å². The summed E-state index contributed by atoms with van der Waals surface area (Å²) in [6, 6.07) is 3.74. The van der Waals surface area contributed by atoms with Gasteiger partial charge >= 0.3 is 6.09 Å². The summed E-state index contributed by atoms with van der Waals surface area (Å²) in [6.07, 6.45) is -0.399. The Morgan fingerprint density at radius 2 is 2.50 bits per heavy atom. The summed E-state index contributed by atoms with van der Waals surface area (Å²) >= 11 is 6.93. The van der Waals surface area contributed by atoms with E-state index in [9.17, 15) is 9.59 Å². The Kier molecular flexibility index (Phi) is 4.43. The standard InChI is InChI=1S/C11H13ClN2O3S/c12-4-3-9(15)13-6-8-7-14(11(16)17-8)10-2-1-5-18-10/h1-2,5,8H,3-4,6-7H2,(H,13,15). The minimum atomic E-state index is -0.367. The Bertz CT molecular complexity index is 424. The number of carbonyl (C=O) groups excluding carboxylic acids is 2. The maximum Gasteiger partial charge on any atom is 0.415 e. The van der Waals surface area contributed by atoms with Crippen LogP contribution in [0.4, 0.5) is 9.80 Å². The van der Waals surface area contributed by atoms with Crippen LogP contribution < -0.4 is 10.2 Å². The van der Waals surface area contributed by atoms with Crippen LogP contribution in [0.3, 0.4) is 0 Å². The molecule has 1 fully saturated rings. The predicted octanol–water partition coefficient (Wildman–Crippen LogP) is 1.82. The van der Waals surface area contributed by atoms with Gasteiger partial charge in [-0.25, -0.2) is 4.79 Å². The largest absolute Gasteiger partial charge is 0.442 e. The highest BCUT2D eigenvalue weighted by atomic mass is 35.5. The molecule has 1 saturated heterocycles. The maximum absolute atomic E-state index is 11.6. The van der Waals surface area contributed by atoms with Gasteiger partial charge in [-0.15, -0.1) is 22.9 Å². The highest BCUT2D eigenvalue weighted by Crippen LogP contribution is 2.25. The predicted molar refractivity (Wildman–Crippen MR) is 70.3 cm³/mol. The van der Waals surface area contributed by atoms with Crippen molar-refractivity contribution in [2.24, 2.45) is 0 Å². The third-order valence-electron chi connectivity index (χ3n) is 2.49. The normalized spacial score (nSPS) is 18.8. The van der Waals surface area contributed by atoms with Gasteiger partial charge in [0.05, 0.1) is 13.1 Å². The molecule has 2 amide bonds. The summed E-state index contributed by atoms with van der Waals surface area (Å²) in [5.74, 6) is 0.160. The van der Waals surface area contributed by atoms with Crippen LogP contribution in [0.25, 0.3) is 0 Å². The fourth-order valence-corrected chi connectivity index (χ4v) is 2.53. The molecule has 0 radical (unpaired) electrons. The van der Waals surface area contributed by atoms with E-state index in [2.05, 4.69) is 5.32 Å². The number of carbonyl (C=O) groups is 2. The van der Waals surface area contributed by atoms with E-state index in [1.165, 1.54) is 11.3 Å². The van der Waals surface area contributed by atoms with Gasteiger partial charge in [0.1, 0.15) is 11.1 Å². The smallest absolute Gasteiger partial charge is 0.415 e. The number of rotatable bonds is 5. The molecule has 0 aromatic carbocycles. The Morgan fingerprint density at radius 1 is 1.67 bits per heavy atom. The highest BCUT2D eigenvalue weighted by molar-refractivity contribution is 7.14. The van der Waals surface area contributed by atoms with E-state index in [0.717, 1.165) is 5.00 Å². The third-order valence-corrected chi connectivity index (χ3v) is 3.57. The molecule has 2 heterocycles. The van der Waals surface area contributed by atoms with Gasteiger partial charge in [0, 0.05) is 12.3 Å². The van der Waals surface area contributed by atoms with E-state index < -0.39 is 0 Å². The average Bonchev–Trinajstić information content (AvgIpc) is 2.95. The van der Waals surface area contributed by atoms with Crippen LogP contribution >= 0.6 is 22.9 Å². The van der Waals surface area contributed by atoms with Crippen LogP contribution in [0.1, 0.15) is 6.42 Å². The van der Waals surface area contributed by atoms with Crippen molar-refractivity contribution in [3.63, 3.8) is 0 Å². The van der Waals surface area contributed by atoms with Crippen molar-refractivity contribution in [3.8, 4) is 0 Å². The molecule has 0 aliphatic carbocycles. The molecule has 1 unspecified atom stereocenters. The second-order valence-electron chi connectivity index (χ2n) is 3.81. The SMILES string of the molecule is O=C(CCCl)NCC1CN(c2cccs2)C(=O)O1. The Hall–Kier alpha value is -1.27. The molecule has 1 N–H and O–H groups in total. The lowest BCUT2D eigenvalue weighted by Crippen LogP contribution is -2.34. The summed E-state index contributed by atoms with van der Waals surface area (Å²) in [6.45, 7) is 0.782. The lowest BCUT2D eigenvalue weighted by Gasteiger charge is -2.10. The topological polar surface area (TPSA) is 58.6 Å². The first-order valence-corrected chi connectivity index (χ1v) is 6.96. The number of thiophene rings is 1. The molecule has 1 aromatic rings. The summed E-state index contributed by atoms with van der Waals surface area (Å²) in [4.78, 5) is 24.4. The van der Waals surface area contributed by atoms with E-state index in [1.54, 1.807) is 4.90 Å². The van der Waals surface area contributed by atoms with Gasteiger partial charge in [0.25, 0.3) is 0 Å². The van der Waals surface area contributed by atoms with Crippen LogP contribution in [0.5, 0.6) is 0 Å². The molecule has 7 heteroatoms. The molecule has 1 aliphatic heterocycles. The Morgan fingerprint density at radius 3 is 3.17 bits per heavy atom. The maximum atomic E-state index is 11.6. The summed E-state index contributed by atoms with van der Waals surface area (Å²) < 4.78 is 5.17. The van der Waals surface area contributed by atoms with Crippen LogP contribution in [0.2, 0.25) is 0 Å². The van der Waals surface area contributed by atoms with Crippen molar-refractivity contribution in [2.45, 2.75) is 12.5 Å². The zero-order valence-corrected chi connectivity index (χ0v) is 11.2. The number of hydrogen-bond acceptors (Lipinski definition) is 4. The summed E-state index contributed by atoms with van der Waals surface area (Å²) in [5, 5.41) is 5.45. The van der Waals surface area contributed by atoms with Crippen molar-refractivity contribution in [1.82, 2.24) is 5.32 Å². The number of nitrogens with zero attached hydrogens (tertiary/aromatic N) is 1. The van der Waals surface area contributed by atoms with Crippen LogP contribution in [0.15, 0.2) is 17.5 Å². The first-order chi connectivity index (χ1) is 8.70. The molecule has 2 rings (SSSR count). The molecule has 98 valence electrons. The second-order valence-corrected chi connectivity index (χ2v) is 5.11. The highest BCUT2D eigenvalue weighted by Gasteiger charge is 2.32. The lowest BCUT2D eigenvalue weighted by molar-refractivity contribution is -0.121. The first-order valence-electron chi connectivity index (χ1n) is 5.55. The van der Waals surface area contributed by atoms with Crippen molar-refractivity contribution in [2.75, 3.05) is 23.9 Å².